The maximum atomic E-state index is 9.92. The van der Waals surface area contributed by atoms with E-state index < -0.39 is 6.10 Å². The van der Waals surface area contributed by atoms with Crippen molar-refractivity contribution in [1.82, 2.24) is 5.32 Å². The van der Waals surface area contributed by atoms with Gasteiger partial charge in [-0.05, 0) is 36.6 Å². The molecule has 0 amide bonds. The molecule has 3 N–H and O–H groups in total. The van der Waals surface area contributed by atoms with Gasteiger partial charge in [-0.3, -0.25) is 0 Å². The summed E-state index contributed by atoms with van der Waals surface area (Å²) in [5.74, 6) is 0.555. The Hall–Kier alpha value is -0.460. The summed E-state index contributed by atoms with van der Waals surface area (Å²) in [5.41, 5.74) is 0. The monoisotopic (exact) mass is 299 g/mol. The molecule has 1 heterocycles. The van der Waals surface area contributed by atoms with Gasteiger partial charge in [0.25, 0.3) is 0 Å². The second-order valence-corrected chi connectivity index (χ2v) is 6.50. The zero-order chi connectivity index (χ0) is 14.2. The second kappa shape index (κ2) is 8.74. The molecule has 1 saturated carbocycles. The fourth-order valence-electron chi connectivity index (χ4n) is 2.85. The Bertz CT molecular complexity index is 358. The van der Waals surface area contributed by atoms with Crippen molar-refractivity contribution in [2.75, 3.05) is 19.8 Å². The van der Waals surface area contributed by atoms with Crippen LogP contribution in [-0.4, -0.2) is 42.1 Å². The lowest BCUT2D eigenvalue weighted by Gasteiger charge is -2.22. The van der Waals surface area contributed by atoms with Gasteiger partial charge in [-0.25, -0.2) is 0 Å². The Morgan fingerprint density at radius 3 is 3.10 bits per heavy atom. The van der Waals surface area contributed by atoms with Gasteiger partial charge in [-0.1, -0.05) is 12.5 Å². The van der Waals surface area contributed by atoms with Gasteiger partial charge in [-0.15, -0.1) is 11.3 Å². The molecule has 1 aliphatic carbocycles. The number of thiophene rings is 1. The molecule has 5 heteroatoms. The number of hydrogen-bond acceptors (Lipinski definition) is 5. The molecule has 4 nitrogen and oxygen atoms in total. The average molecular weight is 299 g/mol. The standard InChI is InChI=1S/C15H25NO3S/c17-7-6-12-3-1-5-15(12)16-9-13(18)10-19-11-14-4-2-8-20-14/h2,4,8,12-13,15-18H,1,3,5-7,9-11H2/t12-,13+,15-/m0/s1. The van der Waals surface area contributed by atoms with Crippen molar-refractivity contribution >= 4 is 11.3 Å². The number of nitrogens with one attached hydrogen (secondary N) is 1. The van der Waals surface area contributed by atoms with Crippen LogP contribution in [0.25, 0.3) is 0 Å². The van der Waals surface area contributed by atoms with Gasteiger partial charge in [0.15, 0.2) is 0 Å². The minimum atomic E-state index is -0.467. The van der Waals surface area contributed by atoms with E-state index in [1.807, 2.05) is 17.5 Å². The van der Waals surface area contributed by atoms with Crippen LogP contribution in [0.1, 0.15) is 30.6 Å². The minimum Gasteiger partial charge on any atom is -0.396 e. The van der Waals surface area contributed by atoms with Crippen molar-refractivity contribution < 1.29 is 14.9 Å². The molecule has 0 saturated heterocycles. The summed E-state index contributed by atoms with van der Waals surface area (Å²) in [4.78, 5) is 1.18. The number of rotatable bonds is 9. The number of hydrogen-bond donors (Lipinski definition) is 3. The zero-order valence-corrected chi connectivity index (χ0v) is 12.6. The van der Waals surface area contributed by atoms with Crippen LogP contribution < -0.4 is 5.32 Å². The summed E-state index contributed by atoms with van der Waals surface area (Å²) in [6.45, 7) is 1.76. The maximum absolute atomic E-state index is 9.92. The average Bonchev–Trinajstić information content (AvgIpc) is 3.08. The van der Waals surface area contributed by atoms with Crippen molar-refractivity contribution in [3.8, 4) is 0 Å². The van der Waals surface area contributed by atoms with Gasteiger partial charge < -0.3 is 20.3 Å². The molecular formula is C15H25NO3S. The second-order valence-electron chi connectivity index (χ2n) is 5.47. The van der Waals surface area contributed by atoms with Crippen LogP contribution in [0.4, 0.5) is 0 Å². The summed E-state index contributed by atoms with van der Waals surface area (Å²) < 4.78 is 5.51. The number of aliphatic hydroxyl groups is 2. The van der Waals surface area contributed by atoms with Gasteiger partial charge in [-0.2, -0.15) is 0 Å². The molecule has 0 bridgehead atoms. The van der Waals surface area contributed by atoms with Crippen LogP contribution in [-0.2, 0) is 11.3 Å². The Balaban J connectivity index is 1.58. The van der Waals surface area contributed by atoms with Gasteiger partial charge in [0, 0.05) is 24.1 Å². The Labute approximate surface area is 124 Å². The molecule has 1 aliphatic rings. The molecule has 0 radical (unpaired) electrons. The first-order chi connectivity index (χ1) is 9.79. The molecule has 2 rings (SSSR count). The molecule has 1 aromatic rings. The van der Waals surface area contributed by atoms with Crippen LogP contribution in [0, 0.1) is 5.92 Å². The third-order valence-electron chi connectivity index (χ3n) is 3.91. The SMILES string of the molecule is OCC[C@@H]1CCC[C@@H]1NC[C@@H](O)COCc1cccs1. The predicted octanol–water partition coefficient (Wildman–Crippen LogP) is 1.77. The van der Waals surface area contributed by atoms with Crippen molar-refractivity contribution in [1.29, 1.82) is 0 Å². The predicted molar refractivity (Wildman–Crippen MR) is 80.8 cm³/mol. The van der Waals surface area contributed by atoms with E-state index in [4.69, 9.17) is 9.84 Å². The third-order valence-corrected chi connectivity index (χ3v) is 4.76. The molecule has 20 heavy (non-hydrogen) atoms. The highest BCUT2D eigenvalue weighted by Gasteiger charge is 2.26. The fraction of sp³-hybridized carbons (Fsp3) is 0.733. The smallest absolute Gasteiger partial charge is 0.0897 e. The molecule has 0 spiro atoms. The first-order valence-electron chi connectivity index (χ1n) is 7.42. The summed E-state index contributed by atoms with van der Waals surface area (Å²) in [6.07, 6.45) is 3.94. The molecule has 0 aromatic carbocycles. The lowest BCUT2D eigenvalue weighted by molar-refractivity contribution is 0.0278. The van der Waals surface area contributed by atoms with Crippen LogP contribution in [0.15, 0.2) is 17.5 Å². The summed E-state index contributed by atoms with van der Waals surface area (Å²) in [7, 11) is 0. The number of aliphatic hydroxyl groups excluding tert-OH is 2. The Morgan fingerprint density at radius 2 is 2.35 bits per heavy atom. The van der Waals surface area contributed by atoms with E-state index in [0.717, 1.165) is 12.8 Å². The van der Waals surface area contributed by atoms with E-state index in [1.165, 1.54) is 17.7 Å². The molecular weight excluding hydrogens is 274 g/mol. The lowest BCUT2D eigenvalue weighted by atomic mass is 10.00. The number of ether oxygens (including phenoxy) is 1. The largest absolute Gasteiger partial charge is 0.396 e. The van der Waals surface area contributed by atoms with Crippen LogP contribution in [0.2, 0.25) is 0 Å². The first kappa shape index (κ1) is 15.9. The van der Waals surface area contributed by atoms with Crippen molar-refractivity contribution in [2.24, 2.45) is 5.92 Å². The first-order valence-corrected chi connectivity index (χ1v) is 8.30. The maximum Gasteiger partial charge on any atom is 0.0897 e. The van der Waals surface area contributed by atoms with Crippen LogP contribution in [0.3, 0.4) is 0 Å². The van der Waals surface area contributed by atoms with Gasteiger partial charge >= 0.3 is 0 Å². The van der Waals surface area contributed by atoms with Crippen molar-refractivity contribution in [3.63, 3.8) is 0 Å². The highest BCUT2D eigenvalue weighted by Crippen LogP contribution is 2.28. The van der Waals surface area contributed by atoms with E-state index in [9.17, 15) is 5.11 Å². The quantitative estimate of drug-likeness (QED) is 0.650. The molecule has 3 atom stereocenters. The van der Waals surface area contributed by atoms with Crippen molar-refractivity contribution in [3.05, 3.63) is 22.4 Å². The summed E-state index contributed by atoms with van der Waals surface area (Å²) in [5, 5.41) is 24.4. The summed E-state index contributed by atoms with van der Waals surface area (Å²) >= 11 is 1.67. The van der Waals surface area contributed by atoms with E-state index in [0.29, 0.717) is 31.7 Å². The van der Waals surface area contributed by atoms with E-state index in [2.05, 4.69) is 5.32 Å². The van der Waals surface area contributed by atoms with Gasteiger partial charge in [0.05, 0.1) is 19.3 Å². The fourth-order valence-corrected chi connectivity index (χ4v) is 3.49. The van der Waals surface area contributed by atoms with E-state index >= 15 is 0 Å². The highest BCUT2D eigenvalue weighted by atomic mass is 32.1. The Morgan fingerprint density at radius 1 is 1.45 bits per heavy atom. The molecule has 0 aliphatic heterocycles. The molecule has 1 aromatic heterocycles. The van der Waals surface area contributed by atoms with Crippen molar-refractivity contribution in [2.45, 2.75) is 44.4 Å². The minimum absolute atomic E-state index is 0.259. The van der Waals surface area contributed by atoms with Gasteiger partial charge in [0.1, 0.15) is 0 Å². The molecule has 1 fully saturated rings. The van der Waals surface area contributed by atoms with E-state index in [-0.39, 0.29) is 6.61 Å². The molecule has 0 unspecified atom stereocenters. The topological polar surface area (TPSA) is 61.7 Å². The van der Waals surface area contributed by atoms with Gasteiger partial charge in [0.2, 0.25) is 0 Å². The normalized spacial score (nSPS) is 24.1. The highest BCUT2D eigenvalue weighted by molar-refractivity contribution is 7.09. The van der Waals surface area contributed by atoms with E-state index in [1.54, 1.807) is 11.3 Å². The third kappa shape index (κ3) is 5.14. The molecule has 114 valence electrons. The lowest BCUT2D eigenvalue weighted by Crippen LogP contribution is -2.39. The van der Waals surface area contributed by atoms with Crippen LogP contribution in [0.5, 0.6) is 0 Å². The Kier molecular flexibility index (Phi) is 6.96. The van der Waals surface area contributed by atoms with Crippen LogP contribution >= 0.6 is 11.3 Å². The summed E-state index contributed by atoms with van der Waals surface area (Å²) in [6, 6.07) is 4.48. The zero-order valence-electron chi connectivity index (χ0n) is 11.8.